The summed E-state index contributed by atoms with van der Waals surface area (Å²) in [7, 11) is 0. The van der Waals surface area contributed by atoms with Crippen molar-refractivity contribution in [3.05, 3.63) is 35.9 Å². The van der Waals surface area contributed by atoms with Crippen LogP contribution in [-0.2, 0) is 16.1 Å². The van der Waals surface area contributed by atoms with Crippen molar-refractivity contribution >= 4 is 5.78 Å². The van der Waals surface area contributed by atoms with Crippen molar-refractivity contribution in [2.24, 2.45) is 11.8 Å². The molecule has 1 aliphatic rings. The number of hydrogen-bond acceptors (Lipinski definition) is 2. The molecule has 0 amide bonds. The topological polar surface area (TPSA) is 26.3 Å². The van der Waals surface area contributed by atoms with Crippen LogP contribution in [0, 0.1) is 11.8 Å². The number of Topliss-reactive ketones (excluding diaryl/α,β-unsaturated/α-hetero) is 1. The number of ketones is 1. The van der Waals surface area contributed by atoms with Crippen molar-refractivity contribution in [3.63, 3.8) is 0 Å². The van der Waals surface area contributed by atoms with Gasteiger partial charge < -0.3 is 4.74 Å². The molecule has 1 saturated carbocycles. The molecule has 2 rings (SSSR count). The Balaban J connectivity index is 1.62. The van der Waals surface area contributed by atoms with Crippen molar-refractivity contribution in [2.45, 2.75) is 26.4 Å². The second kappa shape index (κ2) is 5.26. The minimum absolute atomic E-state index is 0.310. The molecule has 1 aliphatic carbocycles. The highest BCUT2D eigenvalue weighted by Crippen LogP contribution is 2.34. The van der Waals surface area contributed by atoms with E-state index in [0.717, 1.165) is 19.4 Å². The van der Waals surface area contributed by atoms with Crippen LogP contribution in [-0.4, -0.2) is 12.4 Å². The van der Waals surface area contributed by atoms with Gasteiger partial charge >= 0.3 is 0 Å². The molecule has 0 bridgehead atoms. The first-order valence-corrected chi connectivity index (χ1v) is 5.88. The molecule has 16 heavy (non-hydrogen) atoms. The Morgan fingerprint density at radius 1 is 1.31 bits per heavy atom. The molecule has 1 aromatic carbocycles. The fourth-order valence-electron chi connectivity index (χ4n) is 2.12. The van der Waals surface area contributed by atoms with E-state index in [1.807, 2.05) is 18.2 Å². The lowest BCUT2D eigenvalue weighted by molar-refractivity contribution is -0.125. The Kier molecular flexibility index (Phi) is 3.73. The van der Waals surface area contributed by atoms with E-state index in [1.54, 1.807) is 6.92 Å². The second-order valence-electron chi connectivity index (χ2n) is 4.65. The lowest BCUT2D eigenvalue weighted by atomic mass is 9.73. The molecular formula is C14H18O2. The van der Waals surface area contributed by atoms with E-state index >= 15 is 0 Å². The summed E-state index contributed by atoms with van der Waals surface area (Å²) in [6.07, 6.45) is 2.04. The summed E-state index contributed by atoms with van der Waals surface area (Å²) in [4.78, 5) is 11.0. The van der Waals surface area contributed by atoms with Crippen molar-refractivity contribution in [1.29, 1.82) is 0 Å². The van der Waals surface area contributed by atoms with Gasteiger partial charge in [0, 0.05) is 12.5 Å². The minimum atomic E-state index is 0.310. The number of ether oxygens (including phenoxy) is 1. The van der Waals surface area contributed by atoms with Crippen molar-refractivity contribution in [3.8, 4) is 0 Å². The normalized spacial score (nSPS) is 23.8. The van der Waals surface area contributed by atoms with Crippen molar-refractivity contribution in [2.75, 3.05) is 6.61 Å². The van der Waals surface area contributed by atoms with E-state index in [4.69, 9.17) is 4.74 Å². The Hall–Kier alpha value is -1.15. The van der Waals surface area contributed by atoms with E-state index < -0.39 is 0 Å². The summed E-state index contributed by atoms with van der Waals surface area (Å²) in [6.45, 7) is 3.16. The zero-order chi connectivity index (χ0) is 11.4. The zero-order valence-electron chi connectivity index (χ0n) is 9.69. The molecule has 86 valence electrons. The number of rotatable bonds is 5. The molecular weight excluding hydrogens is 200 g/mol. The molecule has 0 radical (unpaired) electrons. The molecule has 1 fully saturated rings. The van der Waals surface area contributed by atoms with Crippen LogP contribution in [0.1, 0.15) is 25.3 Å². The molecule has 0 aliphatic heterocycles. The molecule has 1 aromatic rings. The highest BCUT2D eigenvalue weighted by molar-refractivity contribution is 5.79. The molecule has 2 nitrogen and oxygen atoms in total. The Bertz CT molecular complexity index is 339. The highest BCUT2D eigenvalue weighted by atomic mass is 16.5. The lowest BCUT2D eigenvalue weighted by Gasteiger charge is -2.33. The molecule has 0 unspecified atom stereocenters. The SMILES string of the molecule is CC(=O)C1CC(COCc2ccccc2)C1. The van der Waals surface area contributed by atoms with E-state index in [0.29, 0.717) is 24.2 Å². The second-order valence-corrected chi connectivity index (χ2v) is 4.65. The van der Waals surface area contributed by atoms with Crippen LogP contribution in [0.25, 0.3) is 0 Å². The maximum absolute atomic E-state index is 11.0. The Morgan fingerprint density at radius 2 is 2.00 bits per heavy atom. The first-order chi connectivity index (χ1) is 7.75. The largest absolute Gasteiger partial charge is 0.376 e. The molecule has 0 saturated heterocycles. The fraction of sp³-hybridized carbons (Fsp3) is 0.500. The van der Waals surface area contributed by atoms with Crippen LogP contribution >= 0.6 is 0 Å². The van der Waals surface area contributed by atoms with Gasteiger partial charge in [-0.3, -0.25) is 4.79 Å². The lowest BCUT2D eigenvalue weighted by Crippen LogP contribution is -2.31. The summed E-state index contributed by atoms with van der Waals surface area (Å²) >= 11 is 0. The van der Waals surface area contributed by atoms with Gasteiger partial charge in [0.25, 0.3) is 0 Å². The zero-order valence-corrected chi connectivity index (χ0v) is 9.69. The van der Waals surface area contributed by atoms with Gasteiger partial charge in [0.05, 0.1) is 6.61 Å². The molecule has 0 aromatic heterocycles. The summed E-state index contributed by atoms with van der Waals surface area (Å²) in [5, 5.41) is 0. The Labute approximate surface area is 96.6 Å². The van der Waals surface area contributed by atoms with Gasteiger partial charge in [-0.1, -0.05) is 30.3 Å². The summed E-state index contributed by atoms with van der Waals surface area (Å²) in [6, 6.07) is 10.2. The van der Waals surface area contributed by atoms with Gasteiger partial charge in [0.15, 0.2) is 0 Å². The molecule has 0 heterocycles. The minimum Gasteiger partial charge on any atom is -0.376 e. The number of carbonyl (C=O) groups is 1. The third kappa shape index (κ3) is 2.92. The number of benzene rings is 1. The average Bonchev–Trinajstić information content (AvgIpc) is 2.22. The quantitative estimate of drug-likeness (QED) is 0.759. The summed E-state index contributed by atoms with van der Waals surface area (Å²) in [5.74, 6) is 1.24. The van der Waals surface area contributed by atoms with E-state index in [2.05, 4.69) is 12.1 Å². The molecule has 0 spiro atoms. The van der Waals surface area contributed by atoms with Crippen LogP contribution in [0.15, 0.2) is 30.3 Å². The van der Waals surface area contributed by atoms with Crippen LogP contribution in [0.2, 0.25) is 0 Å². The predicted octanol–water partition coefficient (Wildman–Crippen LogP) is 2.82. The van der Waals surface area contributed by atoms with Gasteiger partial charge in [0.1, 0.15) is 5.78 Å². The van der Waals surface area contributed by atoms with Crippen LogP contribution in [0.5, 0.6) is 0 Å². The van der Waals surface area contributed by atoms with Crippen molar-refractivity contribution in [1.82, 2.24) is 0 Å². The Morgan fingerprint density at radius 3 is 2.62 bits per heavy atom. The van der Waals surface area contributed by atoms with Gasteiger partial charge in [-0.25, -0.2) is 0 Å². The fourth-order valence-corrected chi connectivity index (χ4v) is 2.12. The van der Waals surface area contributed by atoms with Crippen LogP contribution < -0.4 is 0 Å². The maximum atomic E-state index is 11.0. The van der Waals surface area contributed by atoms with Gasteiger partial charge in [-0.15, -0.1) is 0 Å². The third-order valence-electron chi connectivity index (χ3n) is 3.28. The summed E-state index contributed by atoms with van der Waals surface area (Å²) < 4.78 is 5.64. The molecule has 0 N–H and O–H groups in total. The number of hydrogen-bond donors (Lipinski definition) is 0. The van der Waals surface area contributed by atoms with E-state index in [1.165, 1.54) is 5.56 Å². The van der Waals surface area contributed by atoms with Gasteiger partial charge in [-0.2, -0.15) is 0 Å². The standard InChI is InChI=1S/C14H18O2/c1-11(15)14-7-13(8-14)10-16-9-12-5-3-2-4-6-12/h2-6,13-14H,7-10H2,1H3. The van der Waals surface area contributed by atoms with E-state index in [-0.39, 0.29) is 0 Å². The van der Waals surface area contributed by atoms with Crippen LogP contribution in [0.4, 0.5) is 0 Å². The third-order valence-corrected chi connectivity index (χ3v) is 3.28. The van der Waals surface area contributed by atoms with Gasteiger partial charge in [-0.05, 0) is 31.2 Å². The first kappa shape index (κ1) is 11.3. The average molecular weight is 218 g/mol. The first-order valence-electron chi connectivity index (χ1n) is 5.88. The van der Waals surface area contributed by atoms with Crippen LogP contribution in [0.3, 0.4) is 0 Å². The monoisotopic (exact) mass is 218 g/mol. The number of carbonyl (C=O) groups excluding carboxylic acids is 1. The predicted molar refractivity (Wildman–Crippen MR) is 63.0 cm³/mol. The highest BCUT2D eigenvalue weighted by Gasteiger charge is 2.31. The smallest absolute Gasteiger partial charge is 0.132 e. The van der Waals surface area contributed by atoms with E-state index in [9.17, 15) is 4.79 Å². The van der Waals surface area contributed by atoms with Gasteiger partial charge in [0.2, 0.25) is 0 Å². The molecule has 0 atom stereocenters. The maximum Gasteiger partial charge on any atom is 0.132 e. The molecule has 2 heteroatoms. The summed E-state index contributed by atoms with van der Waals surface area (Å²) in [5.41, 5.74) is 1.21. The van der Waals surface area contributed by atoms with Crippen molar-refractivity contribution < 1.29 is 9.53 Å².